The van der Waals surface area contributed by atoms with Crippen molar-refractivity contribution in [2.45, 2.75) is 32.7 Å². The van der Waals surface area contributed by atoms with Crippen LogP contribution in [0.3, 0.4) is 0 Å². The van der Waals surface area contributed by atoms with Crippen LogP contribution in [0.2, 0.25) is 10.0 Å². The van der Waals surface area contributed by atoms with Crippen molar-refractivity contribution in [3.05, 3.63) is 63.1 Å². The van der Waals surface area contributed by atoms with E-state index in [1.54, 1.807) is 23.1 Å². The number of piperidine rings is 1. The maximum absolute atomic E-state index is 13.3. The van der Waals surface area contributed by atoms with Crippen molar-refractivity contribution >= 4 is 35.0 Å². The van der Waals surface area contributed by atoms with E-state index in [1.165, 1.54) is 5.56 Å². The van der Waals surface area contributed by atoms with Gasteiger partial charge in [-0.2, -0.15) is 0 Å². The molecule has 2 aliphatic heterocycles. The Morgan fingerprint density at radius 3 is 2.65 bits per heavy atom. The highest BCUT2D eigenvalue weighted by Gasteiger charge is 2.33. The number of rotatable bonds is 4. The second kappa shape index (κ2) is 9.49. The van der Waals surface area contributed by atoms with Gasteiger partial charge >= 0.3 is 0 Å². The third-order valence-electron chi connectivity index (χ3n) is 6.04. The standard InChI is InChI=1S/C24H26Cl2N2O3/c1-2-31-20-7-5-16-9-11-28(15-19(16)12-20)24(30)18-4-3-10-27(14-18)23(29)17-6-8-21(25)22(26)13-17/h5-8,12-13,18H,2-4,9-11,14-15H2,1H3. The van der Waals surface area contributed by atoms with Gasteiger partial charge in [-0.3, -0.25) is 9.59 Å². The fourth-order valence-corrected chi connectivity index (χ4v) is 4.71. The average Bonchev–Trinajstić information content (AvgIpc) is 2.79. The average molecular weight is 461 g/mol. The molecule has 0 aliphatic carbocycles. The molecule has 0 radical (unpaired) electrons. The van der Waals surface area contributed by atoms with Crippen LogP contribution in [0, 0.1) is 5.92 Å². The van der Waals surface area contributed by atoms with E-state index in [0.29, 0.717) is 48.4 Å². The summed E-state index contributed by atoms with van der Waals surface area (Å²) in [6.07, 6.45) is 2.45. The fraction of sp³-hybridized carbons (Fsp3) is 0.417. The Hall–Kier alpha value is -2.24. The molecule has 2 aromatic carbocycles. The lowest BCUT2D eigenvalue weighted by molar-refractivity contribution is -0.137. The molecule has 1 atom stereocenters. The number of ether oxygens (including phenoxy) is 1. The summed E-state index contributed by atoms with van der Waals surface area (Å²) in [5.74, 6) is 0.671. The SMILES string of the molecule is CCOc1ccc2c(c1)CN(C(=O)C1CCCN(C(=O)c3ccc(Cl)c(Cl)c3)C1)CC2. The van der Waals surface area contributed by atoms with Crippen molar-refractivity contribution in [2.24, 2.45) is 5.92 Å². The van der Waals surface area contributed by atoms with Crippen LogP contribution in [-0.4, -0.2) is 47.9 Å². The van der Waals surface area contributed by atoms with Crippen LogP contribution in [0.5, 0.6) is 5.75 Å². The first-order valence-electron chi connectivity index (χ1n) is 10.7. The van der Waals surface area contributed by atoms with E-state index in [9.17, 15) is 9.59 Å². The number of nitrogens with zero attached hydrogens (tertiary/aromatic N) is 2. The van der Waals surface area contributed by atoms with Crippen LogP contribution in [0.1, 0.15) is 41.3 Å². The first kappa shape index (κ1) is 22.0. The summed E-state index contributed by atoms with van der Waals surface area (Å²) in [4.78, 5) is 29.9. The van der Waals surface area contributed by atoms with Crippen LogP contribution in [0.25, 0.3) is 0 Å². The van der Waals surface area contributed by atoms with Crippen LogP contribution in [-0.2, 0) is 17.8 Å². The van der Waals surface area contributed by atoms with Crippen LogP contribution < -0.4 is 4.74 Å². The van der Waals surface area contributed by atoms with E-state index in [0.717, 1.165) is 30.6 Å². The molecule has 0 bridgehead atoms. The number of hydrogen-bond donors (Lipinski definition) is 0. The van der Waals surface area contributed by atoms with Crippen LogP contribution in [0.4, 0.5) is 0 Å². The lowest BCUT2D eigenvalue weighted by Crippen LogP contribution is -2.47. The number of carbonyl (C=O) groups is 2. The molecule has 1 unspecified atom stereocenters. The molecule has 0 spiro atoms. The lowest BCUT2D eigenvalue weighted by atomic mass is 9.93. The second-order valence-electron chi connectivity index (χ2n) is 8.09. The number of carbonyl (C=O) groups excluding carboxylic acids is 2. The highest BCUT2D eigenvalue weighted by atomic mass is 35.5. The molecule has 164 valence electrons. The number of halogens is 2. The van der Waals surface area contributed by atoms with Gasteiger partial charge in [0.2, 0.25) is 5.91 Å². The van der Waals surface area contributed by atoms with Crippen molar-refractivity contribution in [1.82, 2.24) is 9.80 Å². The van der Waals surface area contributed by atoms with E-state index in [1.807, 2.05) is 24.0 Å². The van der Waals surface area contributed by atoms with E-state index in [-0.39, 0.29) is 17.7 Å². The van der Waals surface area contributed by atoms with E-state index in [4.69, 9.17) is 27.9 Å². The molecule has 1 saturated heterocycles. The Morgan fingerprint density at radius 1 is 1.03 bits per heavy atom. The molecule has 7 heteroatoms. The van der Waals surface area contributed by atoms with E-state index >= 15 is 0 Å². The summed E-state index contributed by atoms with van der Waals surface area (Å²) in [7, 11) is 0. The summed E-state index contributed by atoms with van der Waals surface area (Å²) >= 11 is 12.0. The Morgan fingerprint density at radius 2 is 1.87 bits per heavy atom. The van der Waals surface area contributed by atoms with Gasteiger partial charge in [0.1, 0.15) is 5.75 Å². The Balaban J connectivity index is 1.43. The van der Waals surface area contributed by atoms with Gasteiger partial charge in [-0.15, -0.1) is 0 Å². The minimum absolute atomic E-state index is 0.110. The number of amides is 2. The quantitative estimate of drug-likeness (QED) is 0.656. The largest absolute Gasteiger partial charge is 0.494 e. The molecule has 0 saturated carbocycles. The van der Waals surface area contributed by atoms with Gasteiger partial charge in [0, 0.05) is 31.7 Å². The van der Waals surface area contributed by atoms with Crippen molar-refractivity contribution in [3.8, 4) is 5.75 Å². The van der Waals surface area contributed by atoms with Gasteiger partial charge < -0.3 is 14.5 Å². The lowest BCUT2D eigenvalue weighted by Gasteiger charge is -2.37. The van der Waals surface area contributed by atoms with Gasteiger partial charge in [0.25, 0.3) is 5.91 Å². The molecule has 0 aromatic heterocycles. The topological polar surface area (TPSA) is 49.9 Å². The minimum atomic E-state index is -0.183. The molecule has 2 amide bonds. The molecule has 2 heterocycles. The van der Waals surface area contributed by atoms with Gasteiger partial charge in [-0.05, 0) is 67.6 Å². The molecule has 5 nitrogen and oxygen atoms in total. The summed E-state index contributed by atoms with van der Waals surface area (Å²) in [5.41, 5.74) is 2.91. The molecule has 2 aromatic rings. The van der Waals surface area contributed by atoms with Gasteiger partial charge in [0.15, 0.2) is 0 Å². The monoisotopic (exact) mass is 460 g/mol. The summed E-state index contributed by atoms with van der Waals surface area (Å²) in [6.45, 7) is 4.95. The first-order valence-corrected chi connectivity index (χ1v) is 11.5. The predicted molar refractivity (Wildman–Crippen MR) is 122 cm³/mol. The smallest absolute Gasteiger partial charge is 0.253 e. The molecule has 31 heavy (non-hydrogen) atoms. The van der Waals surface area contributed by atoms with Gasteiger partial charge in [-0.25, -0.2) is 0 Å². The molecular formula is C24H26Cl2N2O3. The van der Waals surface area contributed by atoms with E-state index < -0.39 is 0 Å². The predicted octanol–water partition coefficient (Wildman–Crippen LogP) is 4.83. The van der Waals surface area contributed by atoms with Crippen molar-refractivity contribution < 1.29 is 14.3 Å². The van der Waals surface area contributed by atoms with Gasteiger partial charge in [0.05, 0.1) is 22.6 Å². The fourth-order valence-electron chi connectivity index (χ4n) is 4.41. The molecule has 2 aliphatic rings. The Labute approximate surface area is 192 Å². The molecule has 1 fully saturated rings. The second-order valence-corrected chi connectivity index (χ2v) is 8.91. The first-order chi connectivity index (χ1) is 15.0. The third-order valence-corrected chi connectivity index (χ3v) is 6.78. The zero-order chi connectivity index (χ0) is 22.0. The molecule has 0 N–H and O–H groups in total. The van der Waals surface area contributed by atoms with E-state index in [2.05, 4.69) is 6.07 Å². The number of likely N-dealkylation sites (tertiary alicyclic amines) is 1. The summed E-state index contributed by atoms with van der Waals surface area (Å²) in [6, 6.07) is 11.0. The highest BCUT2D eigenvalue weighted by molar-refractivity contribution is 6.42. The highest BCUT2D eigenvalue weighted by Crippen LogP contribution is 2.28. The Bertz CT molecular complexity index is 995. The Kier molecular flexibility index (Phi) is 6.73. The number of hydrogen-bond acceptors (Lipinski definition) is 3. The summed E-state index contributed by atoms with van der Waals surface area (Å²) in [5, 5.41) is 0.776. The van der Waals surface area contributed by atoms with Crippen LogP contribution >= 0.6 is 23.2 Å². The van der Waals surface area contributed by atoms with Gasteiger partial charge in [-0.1, -0.05) is 29.3 Å². The van der Waals surface area contributed by atoms with Crippen molar-refractivity contribution in [2.75, 3.05) is 26.2 Å². The third kappa shape index (κ3) is 4.83. The molecular weight excluding hydrogens is 435 g/mol. The number of fused-ring (bicyclic) bond motifs is 1. The molecule has 4 rings (SSSR count). The summed E-state index contributed by atoms with van der Waals surface area (Å²) < 4.78 is 5.62. The van der Waals surface area contributed by atoms with Crippen LogP contribution in [0.15, 0.2) is 36.4 Å². The minimum Gasteiger partial charge on any atom is -0.494 e. The normalized spacial score (nSPS) is 18.5. The maximum Gasteiger partial charge on any atom is 0.253 e. The number of benzene rings is 2. The van der Waals surface area contributed by atoms with Crippen molar-refractivity contribution in [3.63, 3.8) is 0 Å². The zero-order valence-electron chi connectivity index (χ0n) is 17.6. The van der Waals surface area contributed by atoms with Crippen molar-refractivity contribution in [1.29, 1.82) is 0 Å². The maximum atomic E-state index is 13.3. The zero-order valence-corrected chi connectivity index (χ0v) is 19.1.